The first kappa shape index (κ1) is 24.8. The van der Waals surface area contributed by atoms with Gasteiger partial charge >= 0.3 is 12.1 Å². The molecule has 0 aromatic heterocycles. The van der Waals surface area contributed by atoms with E-state index in [9.17, 15) is 19.5 Å². The summed E-state index contributed by atoms with van der Waals surface area (Å²) in [6, 6.07) is 22.8. The second kappa shape index (κ2) is 12.4. The first-order valence-corrected chi connectivity index (χ1v) is 11.1. The molecule has 0 saturated heterocycles. The van der Waals surface area contributed by atoms with Crippen molar-refractivity contribution >= 4 is 29.6 Å². The van der Waals surface area contributed by atoms with E-state index in [1.807, 2.05) is 60.7 Å². The van der Waals surface area contributed by atoms with Crippen molar-refractivity contribution in [2.75, 3.05) is 0 Å². The number of hydrogen-bond donors (Lipinski definition) is 3. The van der Waals surface area contributed by atoms with Gasteiger partial charge in [0.15, 0.2) is 0 Å². The van der Waals surface area contributed by atoms with Gasteiger partial charge in [-0.25, -0.2) is 9.59 Å². The Balaban J connectivity index is 1.69. The molecule has 3 N–H and O–H groups in total. The summed E-state index contributed by atoms with van der Waals surface area (Å²) in [4.78, 5) is 37.3. The Bertz CT molecular complexity index is 1110. The summed E-state index contributed by atoms with van der Waals surface area (Å²) in [7, 11) is 0. The van der Waals surface area contributed by atoms with Crippen molar-refractivity contribution in [2.45, 2.75) is 31.5 Å². The van der Waals surface area contributed by atoms with E-state index >= 15 is 0 Å². The van der Waals surface area contributed by atoms with Gasteiger partial charge in [-0.2, -0.15) is 0 Å². The number of benzene rings is 3. The van der Waals surface area contributed by atoms with Gasteiger partial charge in [0.1, 0.15) is 18.7 Å². The Kier molecular flexibility index (Phi) is 9.05. The van der Waals surface area contributed by atoms with Crippen molar-refractivity contribution in [3.8, 4) is 0 Å². The van der Waals surface area contributed by atoms with Crippen LogP contribution in [0, 0.1) is 0 Å². The number of halogens is 1. The lowest BCUT2D eigenvalue weighted by molar-refractivity contribution is -0.142. The third kappa shape index (κ3) is 7.94. The van der Waals surface area contributed by atoms with Gasteiger partial charge in [0.25, 0.3) is 0 Å². The number of nitrogens with one attached hydrogen (secondary N) is 2. The van der Waals surface area contributed by atoms with E-state index in [4.69, 9.17) is 16.3 Å². The van der Waals surface area contributed by atoms with Gasteiger partial charge < -0.3 is 20.5 Å². The minimum Gasteiger partial charge on any atom is -0.480 e. The Hall–Kier alpha value is -3.84. The van der Waals surface area contributed by atoms with Gasteiger partial charge in [-0.1, -0.05) is 84.4 Å². The maximum Gasteiger partial charge on any atom is 0.408 e. The second-order valence-electron chi connectivity index (χ2n) is 7.68. The fourth-order valence-corrected chi connectivity index (χ4v) is 3.55. The highest BCUT2D eigenvalue weighted by atomic mass is 35.5. The summed E-state index contributed by atoms with van der Waals surface area (Å²) in [5.41, 5.74) is 2.26. The highest BCUT2D eigenvalue weighted by Gasteiger charge is 2.27. The summed E-state index contributed by atoms with van der Waals surface area (Å²) >= 11 is 5.99. The first-order chi connectivity index (χ1) is 16.4. The van der Waals surface area contributed by atoms with E-state index in [0.29, 0.717) is 10.6 Å². The average Bonchev–Trinajstić information content (AvgIpc) is 2.83. The lowest BCUT2D eigenvalue weighted by Crippen LogP contribution is -2.53. The van der Waals surface area contributed by atoms with Gasteiger partial charge in [-0.05, 0) is 28.8 Å². The van der Waals surface area contributed by atoms with E-state index in [1.54, 1.807) is 24.3 Å². The molecule has 176 valence electrons. The van der Waals surface area contributed by atoms with Gasteiger partial charge in [-0.3, -0.25) is 4.79 Å². The molecule has 0 heterocycles. The molecule has 3 aromatic rings. The van der Waals surface area contributed by atoms with E-state index in [0.717, 1.165) is 11.1 Å². The molecular formula is C26H25ClN2O5. The van der Waals surface area contributed by atoms with Crippen molar-refractivity contribution < 1.29 is 24.2 Å². The van der Waals surface area contributed by atoms with Crippen LogP contribution in [0.4, 0.5) is 4.79 Å². The van der Waals surface area contributed by atoms with Crippen LogP contribution in [0.5, 0.6) is 0 Å². The lowest BCUT2D eigenvalue weighted by Gasteiger charge is -2.21. The Morgan fingerprint density at radius 3 is 1.97 bits per heavy atom. The maximum absolute atomic E-state index is 13.1. The number of ether oxygens (including phenoxy) is 1. The molecule has 3 rings (SSSR count). The number of carboxylic acids is 1. The number of aliphatic carboxylic acids is 1. The fourth-order valence-electron chi connectivity index (χ4n) is 3.34. The molecule has 34 heavy (non-hydrogen) atoms. The molecule has 0 unspecified atom stereocenters. The largest absolute Gasteiger partial charge is 0.480 e. The summed E-state index contributed by atoms with van der Waals surface area (Å²) in [5, 5.41) is 15.2. The maximum atomic E-state index is 13.1. The first-order valence-electron chi connectivity index (χ1n) is 10.7. The van der Waals surface area contributed by atoms with Crippen molar-refractivity contribution in [3.05, 3.63) is 107 Å². The Labute approximate surface area is 202 Å². The molecule has 3 aromatic carbocycles. The SMILES string of the molecule is O=C(N[C@@H](Cc1ccccc1)C(=O)N[C@@H](Cc1cccc(Cl)c1)C(=O)O)OCc1ccccc1. The summed E-state index contributed by atoms with van der Waals surface area (Å²) in [5.74, 6) is -1.83. The van der Waals surface area contributed by atoms with Crippen molar-refractivity contribution in [3.63, 3.8) is 0 Å². The zero-order valence-corrected chi connectivity index (χ0v) is 19.1. The minimum atomic E-state index is -1.20. The second-order valence-corrected chi connectivity index (χ2v) is 8.12. The van der Waals surface area contributed by atoms with Gasteiger partial charge in [-0.15, -0.1) is 0 Å². The lowest BCUT2D eigenvalue weighted by atomic mass is 10.0. The van der Waals surface area contributed by atoms with Crippen LogP contribution in [-0.2, 0) is 33.8 Å². The molecule has 2 amide bonds. The van der Waals surface area contributed by atoms with Gasteiger partial charge in [0.2, 0.25) is 5.91 Å². The molecular weight excluding hydrogens is 456 g/mol. The monoisotopic (exact) mass is 480 g/mol. The van der Waals surface area contributed by atoms with E-state index in [2.05, 4.69) is 10.6 Å². The number of alkyl carbamates (subject to hydrolysis) is 1. The van der Waals surface area contributed by atoms with E-state index < -0.39 is 30.1 Å². The predicted molar refractivity (Wildman–Crippen MR) is 128 cm³/mol. The highest BCUT2D eigenvalue weighted by Crippen LogP contribution is 2.13. The van der Waals surface area contributed by atoms with Crippen LogP contribution in [0.3, 0.4) is 0 Å². The summed E-state index contributed by atoms with van der Waals surface area (Å²) < 4.78 is 5.25. The van der Waals surface area contributed by atoms with Crippen LogP contribution in [0.2, 0.25) is 5.02 Å². The third-order valence-corrected chi connectivity index (χ3v) is 5.28. The average molecular weight is 481 g/mol. The molecule has 0 spiro atoms. The summed E-state index contributed by atoms with van der Waals surface area (Å²) in [6.45, 7) is 0.0405. The third-order valence-electron chi connectivity index (χ3n) is 5.05. The molecule has 0 bridgehead atoms. The van der Waals surface area contributed by atoms with E-state index in [-0.39, 0.29) is 19.4 Å². The van der Waals surface area contributed by atoms with Gasteiger partial charge in [0.05, 0.1) is 0 Å². The molecule has 0 saturated carbocycles. The van der Waals surface area contributed by atoms with Crippen LogP contribution >= 0.6 is 11.6 Å². The minimum absolute atomic E-state index is 0.0398. The molecule has 0 aliphatic carbocycles. The zero-order valence-electron chi connectivity index (χ0n) is 18.3. The van der Waals surface area contributed by atoms with Crippen LogP contribution in [-0.4, -0.2) is 35.2 Å². The van der Waals surface area contributed by atoms with Crippen LogP contribution in [0.15, 0.2) is 84.9 Å². The number of carboxylic acid groups (broad SMARTS) is 1. The molecule has 0 aliphatic rings. The quantitative estimate of drug-likeness (QED) is 0.407. The zero-order chi connectivity index (χ0) is 24.3. The molecule has 8 heteroatoms. The Morgan fingerprint density at radius 2 is 1.35 bits per heavy atom. The van der Waals surface area contributed by atoms with E-state index in [1.165, 1.54) is 0 Å². The van der Waals surface area contributed by atoms with Gasteiger partial charge in [0, 0.05) is 17.9 Å². The molecule has 2 atom stereocenters. The van der Waals surface area contributed by atoms with Crippen molar-refractivity contribution in [1.29, 1.82) is 0 Å². The molecule has 0 radical (unpaired) electrons. The van der Waals surface area contributed by atoms with Crippen molar-refractivity contribution in [2.24, 2.45) is 0 Å². The standard InChI is InChI=1S/C26H25ClN2O5/c27-21-13-7-12-20(14-21)16-23(25(31)32)28-24(30)22(15-18-8-3-1-4-9-18)29-26(33)34-17-19-10-5-2-6-11-19/h1-14,22-23H,15-17H2,(H,28,30)(H,29,33)(H,31,32)/t22-,23-/m0/s1. The van der Waals surface area contributed by atoms with Crippen molar-refractivity contribution in [1.82, 2.24) is 10.6 Å². The summed E-state index contributed by atoms with van der Waals surface area (Å²) in [6.07, 6.45) is -0.573. The topological polar surface area (TPSA) is 105 Å². The van der Waals surface area contributed by atoms with Crippen LogP contribution < -0.4 is 10.6 Å². The van der Waals surface area contributed by atoms with Crippen LogP contribution in [0.25, 0.3) is 0 Å². The Morgan fingerprint density at radius 1 is 0.765 bits per heavy atom. The molecule has 7 nitrogen and oxygen atoms in total. The van der Waals surface area contributed by atoms with Crippen LogP contribution in [0.1, 0.15) is 16.7 Å². The number of hydrogen-bond acceptors (Lipinski definition) is 4. The predicted octanol–water partition coefficient (Wildman–Crippen LogP) is 3.99. The molecule has 0 aliphatic heterocycles. The number of carbonyl (C=O) groups excluding carboxylic acids is 2. The highest BCUT2D eigenvalue weighted by molar-refractivity contribution is 6.30. The number of amides is 2. The smallest absolute Gasteiger partial charge is 0.408 e. The number of rotatable bonds is 10. The number of carbonyl (C=O) groups is 3. The molecule has 0 fully saturated rings. The normalized spacial score (nSPS) is 12.3. The fraction of sp³-hybridized carbons (Fsp3) is 0.192.